The highest BCUT2D eigenvalue weighted by atomic mass is 32.2. The lowest BCUT2D eigenvalue weighted by Crippen LogP contribution is -2.42. The molecule has 0 aliphatic carbocycles. The van der Waals surface area contributed by atoms with Gasteiger partial charge in [-0.3, -0.25) is 25.5 Å². The van der Waals surface area contributed by atoms with Gasteiger partial charge >= 0.3 is 0 Å². The van der Waals surface area contributed by atoms with Crippen LogP contribution in [0.1, 0.15) is 16.1 Å². The van der Waals surface area contributed by atoms with Crippen LogP contribution in [0.4, 0.5) is 0 Å². The van der Waals surface area contributed by atoms with Gasteiger partial charge in [-0.25, -0.2) is 0 Å². The number of thioether (sulfide) groups is 1. The van der Waals surface area contributed by atoms with E-state index in [2.05, 4.69) is 21.0 Å². The van der Waals surface area contributed by atoms with E-state index in [-0.39, 0.29) is 17.4 Å². The van der Waals surface area contributed by atoms with Crippen LogP contribution in [0.3, 0.4) is 0 Å². The van der Waals surface area contributed by atoms with Crippen LogP contribution in [0.2, 0.25) is 0 Å². The molecule has 2 aromatic carbocycles. The van der Waals surface area contributed by atoms with Gasteiger partial charge < -0.3 is 0 Å². The van der Waals surface area contributed by atoms with E-state index >= 15 is 0 Å². The number of aromatic amines is 1. The Bertz CT molecular complexity index is 909. The van der Waals surface area contributed by atoms with E-state index in [9.17, 15) is 9.59 Å². The van der Waals surface area contributed by atoms with Gasteiger partial charge in [-0.15, -0.1) is 11.8 Å². The summed E-state index contributed by atoms with van der Waals surface area (Å²) in [5.41, 5.74) is 7.76. The average molecular weight is 366 g/mol. The third-order valence-corrected chi connectivity index (χ3v) is 4.84. The van der Waals surface area contributed by atoms with Crippen molar-refractivity contribution >= 4 is 23.6 Å². The SMILES string of the molecule is Cc1ccccc1SCC(=O)NNC(=O)c1cc(-c2ccccc2)n[nH]1. The summed E-state index contributed by atoms with van der Waals surface area (Å²) in [5.74, 6) is -0.521. The molecule has 3 N–H and O–H groups in total. The van der Waals surface area contributed by atoms with Crippen molar-refractivity contribution in [2.24, 2.45) is 0 Å². The smallest absolute Gasteiger partial charge is 0.272 e. The molecule has 0 aliphatic rings. The Kier molecular flexibility index (Phi) is 5.70. The molecule has 0 radical (unpaired) electrons. The molecule has 6 nitrogen and oxygen atoms in total. The lowest BCUT2D eigenvalue weighted by molar-refractivity contribution is -0.119. The van der Waals surface area contributed by atoms with Gasteiger partial charge in [0.25, 0.3) is 5.91 Å². The fraction of sp³-hybridized carbons (Fsp3) is 0.105. The predicted molar refractivity (Wildman–Crippen MR) is 102 cm³/mol. The minimum Gasteiger partial charge on any atom is -0.272 e. The minimum absolute atomic E-state index is 0.212. The average Bonchev–Trinajstić information content (AvgIpc) is 3.16. The van der Waals surface area contributed by atoms with Crippen LogP contribution < -0.4 is 10.9 Å². The monoisotopic (exact) mass is 366 g/mol. The highest BCUT2D eigenvalue weighted by Gasteiger charge is 2.12. The summed E-state index contributed by atoms with van der Waals surface area (Å²) in [4.78, 5) is 25.1. The molecule has 0 unspecified atom stereocenters. The number of H-pyrrole nitrogens is 1. The van der Waals surface area contributed by atoms with Crippen LogP contribution in [-0.2, 0) is 4.79 Å². The first kappa shape index (κ1) is 17.8. The van der Waals surface area contributed by atoms with E-state index in [1.54, 1.807) is 6.07 Å². The van der Waals surface area contributed by atoms with E-state index in [0.717, 1.165) is 16.0 Å². The van der Waals surface area contributed by atoms with E-state index < -0.39 is 5.91 Å². The third kappa shape index (κ3) is 4.52. The highest BCUT2D eigenvalue weighted by molar-refractivity contribution is 8.00. The summed E-state index contributed by atoms with van der Waals surface area (Å²) in [6.45, 7) is 1.99. The van der Waals surface area contributed by atoms with Crippen molar-refractivity contribution in [1.29, 1.82) is 0 Å². The maximum Gasteiger partial charge on any atom is 0.287 e. The molecule has 0 bridgehead atoms. The lowest BCUT2D eigenvalue weighted by Gasteiger charge is -2.07. The second-order valence-electron chi connectivity index (χ2n) is 5.59. The van der Waals surface area contributed by atoms with Crippen molar-refractivity contribution in [2.45, 2.75) is 11.8 Å². The minimum atomic E-state index is -0.450. The zero-order valence-corrected chi connectivity index (χ0v) is 15.0. The van der Waals surface area contributed by atoms with Gasteiger partial charge in [0.15, 0.2) is 0 Å². The molecule has 3 rings (SSSR count). The summed E-state index contributed by atoms with van der Waals surface area (Å²) >= 11 is 1.42. The molecule has 3 aromatic rings. The number of hydrogen-bond donors (Lipinski definition) is 3. The van der Waals surface area contributed by atoms with Crippen molar-refractivity contribution in [3.05, 3.63) is 71.9 Å². The highest BCUT2D eigenvalue weighted by Crippen LogP contribution is 2.21. The molecule has 132 valence electrons. The number of carbonyl (C=O) groups excluding carboxylic acids is 2. The van der Waals surface area contributed by atoms with Crippen LogP contribution >= 0.6 is 11.8 Å². The predicted octanol–water partition coefficient (Wildman–Crippen LogP) is 2.94. The number of nitrogens with one attached hydrogen (secondary N) is 3. The molecule has 2 amide bonds. The second kappa shape index (κ2) is 8.35. The molecule has 0 atom stereocenters. The summed E-state index contributed by atoms with van der Waals surface area (Å²) in [5, 5.41) is 6.79. The number of rotatable bonds is 5. The number of hydrazine groups is 1. The van der Waals surface area contributed by atoms with Gasteiger partial charge in [-0.2, -0.15) is 5.10 Å². The Hall–Kier alpha value is -3.06. The van der Waals surface area contributed by atoms with E-state index in [0.29, 0.717) is 5.69 Å². The molecule has 0 spiro atoms. The number of nitrogens with zero attached hydrogens (tertiary/aromatic N) is 1. The van der Waals surface area contributed by atoms with E-state index in [1.807, 2.05) is 61.5 Å². The first-order chi connectivity index (χ1) is 12.6. The van der Waals surface area contributed by atoms with Crippen molar-refractivity contribution in [3.63, 3.8) is 0 Å². The van der Waals surface area contributed by atoms with Gasteiger partial charge in [0.05, 0.1) is 11.4 Å². The van der Waals surface area contributed by atoms with Crippen molar-refractivity contribution in [2.75, 3.05) is 5.75 Å². The van der Waals surface area contributed by atoms with Crippen LogP contribution in [0.15, 0.2) is 65.6 Å². The zero-order valence-electron chi connectivity index (χ0n) is 14.2. The zero-order chi connectivity index (χ0) is 18.4. The van der Waals surface area contributed by atoms with Gasteiger partial charge in [0.2, 0.25) is 5.91 Å². The quantitative estimate of drug-likeness (QED) is 0.479. The first-order valence-corrected chi connectivity index (χ1v) is 9.00. The Morgan fingerprint density at radius 1 is 1.04 bits per heavy atom. The standard InChI is InChI=1S/C19H18N4O2S/c1-13-7-5-6-10-17(13)26-12-18(24)22-23-19(25)16-11-15(20-21-16)14-8-3-2-4-9-14/h2-11H,12H2,1H3,(H,20,21)(H,22,24)(H,23,25). The third-order valence-electron chi connectivity index (χ3n) is 3.66. The summed E-state index contributed by atoms with van der Waals surface area (Å²) in [6, 6.07) is 19.0. The van der Waals surface area contributed by atoms with Crippen molar-refractivity contribution < 1.29 is 9.59 Å². The van der Waals surface area contributed by atoms with E-state index in [4.69, 9.17) is 0 Å². The molecule has 1 aromatic heterocycles. The first-order valence-electron chi connectivity index (χ1n) is 8.02. The largest absolute Gasteiger partial charge is 0.287 e. The molecule has 1 heterocycles. The molecule has 7 heteroatoms. The second-order valence-corrected chi connectivity index (χ2v) is 6.61. The fourth-order valence-corrected chi connectivity index (χ4v) is 3.12. The number of carbonyl (C=O) groups is 2. The Balaban J connectivity index is 1.50. The number of amides is 2. The summed E-state index contributed by atoms with van der Waals surface area (Å²) in [6.07, 6.45) is 0. The van der Waals surface area contributed by atoms with Crippen molar-refractivity contribution in [1.82, 2.24) is 21.0 Å². The lowest BCUT2D eigenvalue weighted by atomic mass is 10.1. The Morgan fingerprint density at radius 2 is 1.77 bits per heavy atom. The molecular weight excluding hydrogens is 348 g/mol. The normalized spacial score (nSPS) is 10.3. The Morgan fingerprint density at radius 3 is 2.54 bits per heavy atom. The van der Waals surface area contributed by atoms with Crippen LogP contribution in [0.5, 0.6) is 0 Å². The van der Waals surface area contributed by atoms with Crippen LogP contribution in [-0.4, -0.2) is 27.8 Å². The summed E-state index contributed by atoms with van der Waals surface area (Å²) in [7, 11) is 0. The van der Waals surface area contributed by atoms with Gasteiger partial charge in [-0.1, -0.05) is 48.5 Å². The molecule has 26 heavy (non-hydrogen) atoms. The number of aromatic nitrogens is 2. The number of hydrogen-bond acceptors (Lipinski definition) is 4. The molecule has 0 saturated heterocycles. The van der Waals surface area contributed by atoms with E-state index in [1.165, 1.54) is 11.8 Å². The molecule has 0 aliphatic heterocycles. The molecular formula is C19H18N4O2S. The molecule has 0 saturated carbocycles. The topological polar surface area (TPSA) is 86.9 Å². The number of benzene rings is 2. The molecule has 0 fully saturated rings. The van der Waals surface area contributed by atoms with Crippen LogP contribution in [0, 0.1) is 6.92 Å². The van der Waals surface area contributed by atoms with Gasteiger partial charge in [-0.05, 0) is 24.6 Å². The fourth-order valence-electron chi connectivity index (χ4n) is 2.29. The maximum atomic E-state index is 12.1. The maximum absolute atomic E-state index is 12.1. The summed E-state index contributed by atoms with van der Waals surface area (Å²) < 4.78 is 0. The van der Waals surface area contributed by atoms with Crippen LogP contribution in [0.25, 0.3) is 11.3 Å². The van der Waals surface area contributed by atoms with Crippen molar-refractivity contribution in [3.8, 4) is 11.3 Å². The van der Waals surface area contributed by atoms with Gasteiger partial charge in [0, 0.05) is 10.5 Å². The number of aryl methyl sites for hydroxylation is 1. The Labute approximate surface area is 155 Å². The van der Waals surface area contributed by atoms with Gasteiger partial charge in [0.1, 0.15) is 5.69 Å².